The number of anilines is 2. The maximum atomic E-state index is 12.6. The molecule has 1 atom stereocenters. The first-order valence-electron chi connectivity index (χ1n) is 10.2. The highest BCUT2D eigenvalue weighted by Crippen LogP contribution is 2.20. The van der Waals surface area contributed by atoms with Gasteiger partial charge in [0.25, 0.3) is 5.91 Å². The van der Waals surface area contributed by atoms with Crippen LogP contribution in [0.2, 0.25) is 0 Å². The Morgan fingerprint density at radius 3 is 2.15 bits per heavy atom. The van der Waals surface area contributed by atoms with Crippen LogP contribution in [0.25, 0.3) is 0 Å². The smallest absolute Gasteiger partial charge is 0.262 e. The average molecular weight is 468 g/mol. The van der Waals surface area contributed by atoms with Crippen molar-refractivity contribution in [1.29, 1.82) is 0 Å². The zero-order chi connectivity index (χ0) is 23.8. The predicted octanol–water partition coefficient (Wildman–Crippen LogP) is 3.70. The fourth-order valence-corrected chi connectivity index (χ4v) is 4.28. The maximum Gasteiger partial charge on any atom is 0.262 e. The zero-order valence-electron chi connectivity index (χ0n) is 18.2. The topological polar surface area (TPSA) is 114 Å². The standard InChI is InChI=1S/C24H25N3O5S/c1-17(19-7-4-3-5-8-19)27-33(30,31)23-13-11-22(12-14-23)32-16-24(29)26-21-10-6-9-20(15-21)25-18(2)28/h3-15,17,27H,16H2,1-2H3,(H,25,28)(H,26,29)/t17-/m0/s1. The summed E-state index contributed by atoms with van der Waals surface area (Å²) >= 11 is 0. The summed E-state index contributed by atoms with van der Waals surface area (Å²) in [4.78, 5) is 23.4. The van der Waals surface area contributed by atoms with Crippen LogP contribution in [0, 0.1) is 0 Å². The number of hydrogen-bond donors (Lipinski definition) is 3. The number of rotatable bonds is 9. The number of nitrogens with one attached hydrogen (secondary N) is 3. The Labute approximate surface area is 193 Å². The molecule has 9 heteroatoms. The van der Waals surface area contributed by atoms with Crippen molar-refractivity contribution < 1.29 is 22.7 Å². The van der Waals surface area contributed by atoms with Crippen LogP contribution in [0.4, 0.5) is 11.4 Å². The molecule has 0 aliphatic carbocycles. The fourth-order valence-electron chi connectivity index (χ4n) is 3.05. The van der Waals surface area contributed by atoms with Crippen LogP contribution in [0.15, 0.2) is 83.8 Å². The molecular weight excluding hydrogens is 442 g/mol. The van der Waals surface area contributed by atoms with Crippen molar-refractivity contribution in [2.75, 3.05) is 17.2 Å². The molecule has 8 nitrogen and oxygen atoms in total. The van der Waals surface area contributed by atoms with Gasteiger partial charge in [0.15, 0.2) is 6.61 Å². The van der Waals surface area contributed by atoms with E-state index >= 15 is 0 Å². The van der Waals surface area contributed by atoms with Gasteiger partial charge in [-0.2, -0.15) is 0 Å². The molecule has 0 aliphatic rings. The zero-order valence-corrected chi connectivity index (χ0v) is 19.1. The van der Waals surface area contributed by atoms with Gasteiger partial charge in [-0.05, 0) is 55.0 Å². The van der Waals surface area contributed by atoms with Gasteiger partial charge < -0.3 is 15.4 Å². The van der Waals surface area contributed by atoms with Gasteiger partial charge in [-0.1, -0.05) is 36.4 Å². The molecule has 0 unspecified atom stereocenters. The number of carbonyl (C=O) groups excluding carboxylic acids is 2. The van der Waals surface area contributed by atoms with E-state index in [9.17, 15) is 18.0 Å². The van der Waals surface area contributed by atoms with Crippen LogP contribution < -0.4 is 20.1 Å². The molecule has 0 spiro atoms. The molecule has 3 N–H and O–H groups in total. The first kappa shape index (κ1) is 24.0. The number of carbonyl (C=O) groups is 2. The molecule has 0 aliphatic heterocycles. The van der Waals surface area contributed by atoms with Crippen LogP contribution in [-0.4, -0.2) is 26.8 Å². The van der Waals surface area contributed by atoms with Gasteiger partial charge >= 0.3 is 0 Å². The molecular formula is C24H25N3O5S. The lowest BCUT2D eigenvalue weighted by atomic mass is 10.1. The number of sulfonamides is 1. The Bertz CT molecular complexity index is 1210. The lowest BCUT2D eigenvalue weighted by Crippen LogP contribution is -2.26. The Balaban J connectivity index is 1.55. The number of hydrogen-bond acceptors (Lipinski definition) is 5. The number of amides is 2. The molecule has 0 saturated heterocycles. The summed E-state index contributed by atoms with van der Waals surface area (Å²) in [5.41, 5.74) is 1.93. The van der Waals surface area contributed by atoms with E-state index in [0.29, 0.717) is 17.1 Å². The summed E-state index contributed by atoms with van der Waals surface area (Å²) < 4.78 is 33.4. The summed E-state index contributed by atoms with van der Waals surface area (Å²) in [5.74, 6) is -0.255. The molecule has 172 valence electrons. The normalized spacial score (nSPS) is 11.9. The SMILES string of the molecule is CC(=O)Nc1cccc(NC(=O)COc2ccc(S(=O)(=O)N[C@@H](C)c3ccccc3)cc2)c1. The Kier molecular flexibility index (Phi) is 7.81. The van der Waals surface area contributed by atoms with E-state index in [0.717, 1.165) is 5.56 Å². The van der Waals surface area contributed by atoms with Crippen molar-refractivity contribution in [2.24, 2.45) is 0 Å². The summed E-state index contributed by atoms with van der Waals surface area (Å²) in [6.07, 6.45) is 0. The van der Waals surface area contributed by atoms with E-state index in [-0.39, 0.29) is 23.5 Å². The summed E-state index contributed by atoms with van der Waals surface area (Å²) in [7, 11) is -3.72. The van der Waals surface area contributed by atoms with Crippen molar-refractivity contribution in [3.63, 3.8) is 0 Å². The third-order valence-corrected chi connectivity index (χ3v) is 6.16. The summed E-state index contributed by atoms with van der Waals surface area (Å²) in [6, 6.07) is 21.4. The van der Waals surface area contributed by atoms with Gasteiger partial charge in [0, 0.05) is 24.3 Å². The van der Waals surface area contributed by atoms with Crippen molar-refractivity contribution in [3.05, 3.63) is 84.4 Å². The van der Waals surface area contributed by atoms with E-state index in [2.05, 4.69) is 15.4 Å². The molecule has 0 radical (unpaired) electrons. The molecule has 0 fully saturated rings. The second-order valence-electron chi connectivity index (χ2n) is 7.32. The van der Waals surface area contributed by atoms with Crippen LogP contribution in [0.1, 0.15) is 25.5 Å². The highest BCUT2D eigenvalue weighted by atomic mass is 32.2. The van der Waals surface area contributed by atoms with Crippen LogP contribution in [0.3, 0.4) is 0 Å². The van der Waals surface area contributed by atoms with E-state index < -0.39 is 15.9 Å². The van der Waals surface area contributed by atoms with Crippen LogP contribution >= 0.6 is 0 Å². The lowest BCUT2D eigenvalue weighted by Gasteiger charge is -2.15. The molecule has 2 amide bonds. The maximum absolute atomic E-state index is 12.6. The second kappa shape index (κ2) is 10.8. The quantitative estimate of drug-likeness (QED) is 0.444. The minimum absolute atomic E-state index is 0.0943. The molecule has 3 aromatic rings. The Hall–Kier alpha value is -3.69. The van der Waals surface area contributed by atoms with E-state index in [1.165, 1.54) is 31.2 Å². The Morgan fingerprint density at radius 1 is 0.879 bits per heavy atom. The first-order valence-corrected chi connectivity index (χ1v) is 11.7. The van der Waals surface area contributed by atoms with Gasteiger partial charge in [0.2, 0.25) is 15.9 Å². The monoisotopic (exact) mass is 467 g/mol. The van der Waals surface area contributed by atoms with E-state index in [1.54, 1.807) is 31.2 Å². The van der Waals surface area contributed by atoms with Crippen molar-refractivity contribution in [2.45, 2.75) is 24.8 Å². The van der Waals surface area contributed by atoms with Crippen LogP contribution in [0.5, 0.6) is 5.75 Å². The third kappa shape index (κ3) is 7.16. The summed E-state index contributed by atoms with van der Waals surface area (Å²) in [6.45, 7) is 2.91. The number of benzene rings is 3. The number of ether oxygens (including phenoxy) is 1. The molecule has 0 heterocycles. The molecule has 0 aromatic heterocycles. The highest BCUT2D eigenvalue weighted by Gasteiger charge is 2.18. The Morgan fingerprint density at radius 2 is 1.52 bits per heavy atom. The average Bonchev–Trinajstić information content (AvgIpc) is 2.78. The predicted molar refractivity (Wildman–Crippen MR) is 126 cm³/mol. The molecule has 3 aromatic carbocycles. The second-order valence-corrected chi connectivity index (χ2v) is 9.04. The van der Waals surface area contributed by atoms with Gasteiger partial charge in [-0.3, -0.25) is 9.59 Å². The van der Waals surface area contributed by atoms with Crippen molar-refractivity contribution in [1.82, 2.24) is 4.72 Å². The van der Waals surface area contributed by atoms with E-state index in [1.807, 2.05) is 30.3 Å². The van der Waals surface area contributed by atoms with Crippen LogP contribution in [-0.2, 0) is 19.6 Å². The molecule has 0 saturated carbocycles. The first-order chi connectivity index (χ1) is 15.7. The minimum Gasteiger partial charge on any atom is -0.484 e. The van der Waals surface area contributed by atoms with Gasteiger partial charge in [-0.15, -0.1) is 0 Å². The molecule has 0 bridgehead atoms. The molecule has 3 rings (SSSR count). The summed E-state index contributed by atoms with van der Waals surface area (Å²) in [5, 5.41) is 5.32. The van der Waals surface area contributed by atoms with Gasteiger partial charge in [0.1, 0.15) is 5.75 Å². The van der Waals surface area contributed by atoms with E-state index in [4.69, 9.17) is 4.74 Å². The highest BCUT2D eigenvalue weighted by molar-refractivity contribution is 7.89. The van der Waals surface area contributed by atoms with Gasteiger partial charge in [-0.25, -0.2) is 13.1 Å². The largest absolute Gasteiger partial charge is 0.484 e. The lowest BCUT2D eigenvalue weighted by molar-refractivity contribution is -0.118. The molecule has 33 heavy (non-hydrogen) atoms. The van der Waals surface area contributed by atoms with Crippen molar-refractivity contribution in [3.8, 4) is 5.75 Å². The van der Waals surface area contributed by atoms with Crippen molar-refractivity contribution >= 4 is 33.2 Å². The fraction of sp³-hybridized carbons (Fsp3) is 0.167. The van der Waals surface area contributed by atoms with Gasteiger partial charge in [0.05, 0.1) is 4.90 Å². The third-order valence-electron chi connectivity index (χ3n) is 4.60. The minimum atomic E-state index is -3.72.